The van der Waals surface area contributed by atoms with Gasteiger partial charge in [0.1, 0.15) is 5.75 Å². The Morgan fingerprint density at radius 1 is 1.07 bits per heavy atom. The van der Waals surface area contributed by atoms with Gasteiger partial charge in [-0.15, -0.1) is 0 Å². The summed E-state index contributed by atoms with van der Waals surface area (Å²) in [5.74, 6) is 0.924. The maximum Gasteiger partial charge on any atom is 0.118 e. The molecule has 1 aromatic rings. The van der Waals surface area contributed by atoms with E-state index in [9.17, 15) is 0 Å². The third kappa shape index (κ3) is 4.84. The van der Waals surface area contributed by atoms with Gasteiger partial charge in [-0.05, 0) is 43.9 Å². The van der Waals surface area contributed by atoms with Gasteiger partial charge < -0.3 is 9.47 Å². The fourth-order valence-electron chi connectivity index (χ4n) is 1.47. The molecular formula is C13H20O2. The van der Waals surface area contributed by atoms with E-state index in [1.54, 1.807) is 7.11 Å². The van der Waals surface area contributed by atoms with Crippen LogP contribution in [-0.4, -0.2) is 20.3 Å². The Morgan fingerprint density at radius 2 is 1.80 bits per heavy atom. The van der Waals surface area contributed by atoms with Gasteiger partial charge in [0.15, 0.2) is 0 Å². The summed E-state index contributed by atoms with van der Waals surface area (Å²) in [5.41, 5.74) is 1.37. The van der Waals surface area contributed by atoms with Crippen molar-refractivity contribution in [2.75, 3.05) is 20.3 Å². The number of rotatable bonds is 7. The molecule has 0 atom stereocenters. The summed E-state index contributed by atoms with van der Waals surface area (Å²) in [6, 6.07) is 8.27. The van der Waals surface area contributed by atoms with Crippen LogP contribution in [0.4, 0.5) is 0 Å². The molecule has 0 bridgehead atoms. The second-order valence-corrected chi connectivity index (χ2v) is 3.50. The number of ether oxygens (including phenoxy) is 2. The van der Waals surface area contributed by atoms with Crippen molar-refractivity contribution in [3.05, 3.63) is 29.8 Å². The lowest BCUT2D eigenvalue weighted by Crippen LogP contribution is -1.94. The molecule has 84 valence electrons. The fraction of sp³-hybridized carbons (Fsp3) is 0.538. The predicted octanol–water partition coefficient (Wildman–Crippen LogP) is 3.05. The summed E-state index contributed by atoms with van der Waals surface area (Å²) < 4.78 is 10.4. The summed E-state index contributed by atoms with van der Waals surface area (Å²) in [7, 11) is 1.69. The quantitative estimate of drug-likeness (QED) is 0.641. The largest absolute Gasteiger partial charge is 0.497 e. The molecule has 1 rings (SSSR count). The lowest BCUT2D eigenvalue weighted by molar-refractivity contribution is 0.143. The standard InChI is InChI=1S/C13H20O2/c1-3-15-11-5-4-6-12-7-9-13(14-2)10-8-12/h7-10H,3-6,11H2,1-2H3. The highest BCUT2D eigenvalue weighted by Gasteiger charge is 1.94. The van der Waals surface area contributed by atoms with Gasteiger partial charge in [0.05, 0.1) is 7.11 Å². The zero-order chi connectivity index (χ0) is 10.9. The average Bonchev–Trinajstić information content (AvgIpc) is 2.30. The van der Waals surface area contributed by atoms with E-state index in [0.717, 1.165) is 31.8 Å². The molecule has 0 N–H and O–H groups in total. The van der Waals surface area contributed by atoms with Crippen molar-refractivity contribution in [3.8, 4) is 5.75 Å². The molecule has 0 saturated carbocycles. The highest BCUT2D eigenvalue weighted by Crippen LogP contribution is 2.13. The maximum absolute atomic E-state index is 5.29. The Hall–Kier alpha value is -1.02. The molecule has 0 spiro atoms. The van der Waals surface area contributed by atoms with Crippen LogP contribution < -0.4 is 4.74 Å². The van der Waals surface area contributed by atoms with Crippen LogP contribution in [0.5, 0.6) is 5.75 Å². The topological polar surface area (TPSA) is 18.5 Å². The third-order valence-electron chi connectivity index (χ3n) is 2.37. The summed E-state index contributed by atoms with van der Waals surface area (Å²) >= 11 is 0. The highest BCUT2D eigenvalue weighted by atomic mass is 16.5. The van der Waals surface area contributed by atoms with E-state index in [1.165, 1.54) is 12.0 Å². The van der Waals surface area contributed by atoms with Gasteiger partial charge in [0, 0.05) is 13.2 Å². The molecule has 1 aromatic carbocycles. The first-order valence-electron chi connectivity index (χ1n) is 5.57. The number of hydrogen-bond acceptors (Lipinski definition) is 2. The third-order valence-corrected chi connectivity index (χ3v) is 2.37. The molecule has 15 heavy (non-hydrogen) atoms. The van der Waals surface area contributed by atoms with Crippen molar-refractivity contribution >= 4 is 0 Å². The lowest BCUT2D eigenvalue weighted by atomic mass is 10.1. The smallest absolute Gasteiger partial charge is 0.118 e. The van der Waals surface area contributed by atoms with Crippen LogP contribution in [0.15, 0.2) is 24.3 Å². The number of methoxy groups -OCH3 is 1. The van der Waals surface area contributed by atoms with Gasteiger partial charge in [0.2, 0.25) is 0 Å². The van der Waals surface area contributed by atoms with Crippen LogP contribution in [0.3, 0.4) is 0 Å². The number of hydrogen-bond donors (Lipinski definition) is 0. The van der Waals surface area contributed by atoms with Crippen molar-refractivity contribution in [2.24, 2.45) is 0 Å². The fourth-order valence-corrected chi connectivity index (χ4v) is 1.47. The number of aryl methyl sites for hydroxylation is 1. The average molecular weight is 208 g/mol. The van der Waals surface area contributed by atoms with Gasteiger partial charge in [-0.2, -0.15) is 0 Å². The van der Waals surface area contributed by atoms with Crippen molar-refractivity contribution in [2.45, 2.75) is 26.2 Å². The van der Waals surface area contributed by atoms with Crippen LogP contribution >= 0.6 is 0 Å². The summed E-state index contributed by atoms with van der Waals surface area (Å²) in [5, 5.41) is 0. The molecule has 0 aliphatic rings. The van der Waals surface area contributed by atoms with Crippen LogP contribution in [0.1, 0.15) is 25.3 Å². The summed E-state index contributed by atoms with van der Waals surface area (Å²) in [6.07, 6.45) is 3.45. The zero-order valence-corrected chi connectivity index (χ0v) is 9.66. The minimum absolute atomic E-state index is 0.822. The first-order valence-corrected chi connectivity index (χ1v) is 5.57. The number of unbranched alkanes of at least 4 members (excludes halogenated alkanes) is 1. The normalized spacial score (nSPS) is 10.3. The van der Waals surface area contributed by atoms with Gasteiger partial charge in [0.25, 0.3) is 0 Å². The van der Waals surface area contributed by atoms with Crippen molar-refractivity contribution in [1.29, 1.82) is 0 Å². The second-order valence-electron chi connectivity index (χ2n) is 3.50. The molecule has 2 nitrogen and oxygen atoms in total. The van der Waals surface area contributed by atoms with Gasteiger partial charge in [-0.1, -0.05) is 12.1 Å². The molecule has 0 radical (unpaired) electrons. The number of benzene rings is 1. The highest BCUT2D eigenvalue weighted by molar-refractivity contribution is 5.27. The van der Waals surface area contributed by atoms with E-state index >= 15 is 0 Å². The Balaban J connectivity index is 2.20. The van der Waals surface area contributed by atoms with E-state index < -0.39 is 0 Å². The molecular weight excluding hydrogens is 188 g/mol. The van der Waals surface area contributed by atoms with Crippen LogP contribution in [0, 0.1) is 0 Å². The van der Waals surface area contributed by atoms with Crippen molar-refractivity contribution in [1.82, 2.24) is 0 Å². The van der Waals surface area contributed by atoms with E-state index in [-0.39, 0.29) is 0 Å². The molecule has 0 saturated heterocycles. The maximum atomic E-state index is 5.29. The Bertz CT molecular complexity index is 254. The predicted molar refractivity (Wildman–Crippen MR) is 62.4 cm³/mol. The second kappa shape index (κ2) is 7.30. The molecule has 0 heterocycles. The van der Waals surface area contributed by atoms with Crippen LogP contribution in [0.2, 0.25) is 0 Å². The lowest BCUT2D eigenvalue weighted by Gasteiger charge is -2.03. The van der Waals surface area contributed by atoms with Gasteiger partial charge >= 0.3 is 0 Å². The molecule has 0 aliphatic heterocycles. The van der Waals surface area contributed by atoms with E-state index in [1.807, 2.05) is 19.1 Å². The SMILES string of the molecule is CCOCCCCc1ccc(OC)cc1. The molecule has 2 heteroatoms. The molecule has 0 amide bonds. The van der Waals surface area contributed by atoms with E-state index in [2.05, 4.69) is 12.1 Å². The first-order chi connectivity index (χ1) is 7.36. The molecule has 0 fully saturated rings. The first kappa shape index (κ1) is 12.1. The Morgan fingerprint density at radius 3 is 2.40 bits per heavy atom. The van der Waals surface area contributed by atoms with Crippen LogP contribution in [-0.2, 0) is 11.2 Å². The monoisotopic (exact) mass is 208 g/mol. The van der Waals surface area contributed by atoms with Crippen molar-refractivity contribution < 1.29 is 9.47 Å². The summed E-state index contributed by atoms with van der Waals surface area (Å²) in [4.78, 5) is 0. The zero-order valence-electron chi connectivity index (χ0n) is 9.66. The molecule has 0 unspecified atom stereocenters. The minimum Gasteiger partial charge on any atom is -0.497 e. The Kier molecular flexibility index (Phi) is 5.86. The molecule has 0 aromatic heterocycles. The van der Waals surface area contributed by atoms with E-state index in [0.29, 0.717) is 0 Å². The molecule has 0 aliphatic carbocycles. The summed E-state index contributed by atoms with van der Waals surface area (Å²) in [6.45, 7) is 3.73. The van der Waals surface area contributed by atoms with E-state index in [4.69, 9.17) is 9.47 Å². The van der Waals surface area contributed by atoms with Gasteiger partial charge in [-0.25, -0.2) is 0 Å². The Labute approximate surface area is 92.2 Å². The van der Waals surface area contributed by atoms with Crippen LogP contribution in [0.25, 0.3) is 0 Å². The van der Waals surface area contributed by atoms with Crippen molar-refractivity contribution in [3.63, 3.8) is 0 Å². The minimum atomic E-state index is 0.822. The van der Waals surface area contributed by atoms with Gasteiger partial charge in [-0.3, -0.25) is 0 Å².